The van der Waals surface area contributed by atoms with E-state index in [-0.39, 0.29) is 6.54 Å². The zero-order chi connectivity index (χ0) is 17.4. The number of hydrogen-bond donors (Lipinski definition) is 3. The van der Waals surface area contributed by atoms with Crippen LogP contribution in [0.25, 0.3) is 0 Å². The molecule has 3 N–H and O–H groups in total. The third-order valence-corrected chi connectivity index (χ3v) is 4.34. The van der Waals surface area contributed by atoms with Crippen molar-refractivity contribution in [1.82, 2.24) is 20.4 Å². The van der Waals surface area contributed by atoms with Crippen LogP contribution in [0, 0.1) is 0 Å². The lowest BCUT2D eigenvalue weighted by molar-refractivity contribution is 0.0672. The summed E-state index contributed by atoms with van der Waals surface area (Å²) in [6.45, 7) is 5.76. The highest BCUT2D eigenvalue weighted by atomic mass is 16.3. The van der Waals surface area contributed by atoms with Crippen LogP contribution in [0.15, 0.2) is 29.0 Å². The second-order valence-corrected chi connectivity index (χ2v) is 6.66. The van der Waals surface area contributed by atoms with E-state index in [0.29, 0.717) is 0 Å². The first-order valence-corrected chi connectivity index (χ1v) is 8.93. The van der Waals surface area contributed by atoms with E-state index in [1.54, 1.807) is 23.4 Å². The molecule has 1 aromatic heterocycles. The Kier molecular flexibility index (Phi) is 6.85. The summed E-state index contributed by atoms with van der Waals surface area (Å²) in [6, 6.07) is 0. The lowest BCUT2D eigenvalue weighted by Gasteiger charge is -2.21. The van der Waals surface area contributed by atoms with E-state index in [2.05, 4.69) is 26.8 Å². The van der Waals surface area contributed by atoms with Crippen LogP contribution in [0.3, 0.4) is 0 Å². The third-order valence-electron chi connectivity index (χ3n) is 4.34. The first-order valence-electron chi connectivity index (χ1n) is 8.93. The van der Waals surface area contributed by atoms with Gasteiger partial charge in [0.05, 0.1) is 12.7 Å². The van der Waals surface area contributed by atoms with Crippen molar-refractivity contribution in [3.05, 3.63) is 29.6 Å². The number of aryl methyl sites for hydroxylation is 1. The molecule has 24 heavy (non-hydrogen) atoms. The smallest absolute Gasteiger partial charge is 0.191 e. The van der Waals surface area contributed by atoms with Gasteiger partial charge in [0.2, 0.25) is 0 Å². The number of nitrogens with one attached hydrogen (secondary N) is 2. The first kappa shape index (κ1) is 18.5. The second kappa shape index (κ2) is 8.87. The molecule has 1 aromatic rings. The molecule has 6 heteroatoms. The molecular formula is C18H31N5O. The van der Waals surface area contributed by atoms with Crippen LogP contribution in [0.4, 0.5) is 0 Å². The van der Waals surface area contributed by atoms with Gasteiger partial charge in [-0.15, -0.1) is 0 Å². The third kappa shape index (κ3) is 5.67. The predicted octanol–water partition coefficient (Wildman–Crippen LogP) is 2.07. The monoisotopic (exact) mass is 333 g/mol. The maximum Gasteiger partial charge on any atom is 0.191 e. The van der Waals surface area contributed by atoms with Gasteiger partial charge in [-0.05, 0) is 46.0 Å². The van der Waals surface area contributed by atoms with E-state index in [1.807, 2.05) is 20.2 Å². The van der Waals surface area contributed by atoms with Gasteiger partial charge in [0.1, 0.15) is 5.60 Å². The van der Waals surface area contributed by atoms with E-state index in [4.69, 9.17) is 0 Å². The summed E-state index contributed by atoms with van der Waals surface area (Å²) in [7, 11) is 1.84. The van der Waals surface area contributed by atoms with Crippen LogP contribution in [0.5, 0.6) is 0 Å². The molecule has 1 aliphatic rings. The minimum absolute atomic E-state index is 0.288. The SMILES string of the molecule is CCNC(=NCC(C)(O)c1cnn(C)c1)NCCC1=CCCCC1. The van der Waals surface area contributed by atoms with Gasteiger partial charge < -0.3 is 15.7 Å². The maximum absolute atomic E-state index is 10.6. The minimum atomic E-state index is -1.03. The van der Waals surface area contributed by atoms with Crippen LogP contribution in [-0.2, 0) is 12.6 Å². The van der Waals surface area contributed by atoms with Crippen molar-refractivity contribution in [3.63, 3.8) is 0 Å². The molecule has 0 saturated heterocycles. The topological polar surface area (TPSA) is 74.5 Å². The van der Waals surface area contributed by atoms with Crippen molar-refractivity contribution in [3.8, 4) is 0 Å². The van der Waals surface area contributed by atoms with Crippen LogP contribution in [0.1, 0.15) is 51.5 Å². The van der Waals surface area contributed by atoms with E-state index >= 15 is 0 Å². The number of allylic oxidation sites excluding steroid dienone is 1. The van der Waals surface area contributed by atoms with Crippen molar-refractivity contribution >= 4 is 5.96 Å². The van der Waals surface area contributed by atoms with E-state index < -0.39 is 5.60 Å². The fraction of sp³-hybridized carbons (Fsp3) is 0.667. The van der Waals surface area contributed by atoms with Crippen molar-refractivity contribution in [1.29, 1.82) is 0 Å². The van der Waals surface area contributed by atoms with Crippen LogP contribution < -0.4 is 10.6 Å². The molecule has 134 valence electrons. The summed E-state index contributed by atoms with van der Waals surface area (Å²) in [5, 5.41) is 21.3. The van der Waals surface area contributed by atoms with Gasteiger partial charge in [-0.3, -0.25) is 4.68 Å². The first-order chi connectivity index (χ1) is 11.5. The average molecular weight is 333 g/mol. The highest BCUT2D eigenvalue weighted by Crippen LogP contribution is 2.20. The Bertz CT molecular complexity index is 574. The summed E-state index contributed by atoms with van der Waals surface area (Å²) in [4.78, 5) is 4.54. The fourth-order valence-electron chi connectivity index (χ4n) is 2.84. The number of aromatic nitrogens is 2. The molecule has 0 aliphatic heterocycles. The molecule has 1 unspecified atom stereocenters. The molecule has 1 heterocycles. The number of aliphatic imine (C=N–C) groups is 1. The molecule has 0 saturated carbocycles. The van der Waals surface area contributed by atoms with Gasteiger partial charge in [0, 0.05) is 31.9 Å². The highest BCUT2D eigenvalue weighted by Gasteiger charge is 2.24. The lowest BCUT2D eigenvalue weighted by Crippen LogP contribution is -2.39. The molecule has 0 radical (unpaired) electrons. The fourth-order valence-corrected chi connectivity index (χ4v) is 2.84. The molecule has 2 rings (SSSR count). The molecule has 0 fully saturated rings. The number of rotatable bonds is 7. The maximum atomic E-state index is 10.6. The van der Waals surface area contributed by atoms with Crippen molar-refractivity contribution in [2.45, 2.75) is 51.6 Å². The lowest BCUT2D eigenvalue weighted by atomic mass is 9.97. The van der Waals surface area contributed by atoms with Crippen LogP contribution >= 0.6 is 0 Å². The zero-order valence-corrected chi connectivity index (χ0v) is 15.2. The van der Waals surface area contributed by atoms with Crippen LogP contribution in [-0.4, -0.2) is 40.5 Å². The van der Waals surface area contributed by atoms with E-state index in [9.17, 15) is 5.11 Å². The highest BCUT2D eigenvalue weighted by molar-refractivity contribution is 5.79. The number of guanidine groups is 1. The Morgan fingerprint density at radius 3 is 2.88 bits per heavy atom. The van der Waals surface area contributed by atoms with Crippen LogP contribution in [0.2, 0.25) is 0 Å². The summed E-state index contributed by atoms with van der Waals surface area (Å²) in [6.07, 6.45) is 12.0. The molecule has 0 spiro atoms. The molecule has 1 atom stereocenters. The predicted molar refractivity (Wildman–Crippen MR) is 97.9 cm³/mol. The van der Waals surface area contributed by atoms with Crippen molar-refractivity contribution in [2.24, 2.45) is 12.0 Å². The Labute approximate surface area is 145 Å². The molecule has 0 bridgehead atoms. The molecule has 0 aromatic carbocycles. The molecule has 6 nitrogen and oxygen atoms in total. The number of aliphatic hydroxyl groups is 1. The Balaban J connectivity index is 1.88. The normalized spacial score (nSPS) is 18.0. The van der Waals surface area contributed by atoms with Gasteiger partial charge in [-0.2, -0.15) is 5.10 Å². The quantitative estimate of drug-likeness (QED) is 0.406. The Morgan fingerprint density at radius 2 is 2.25 bits per heavy atom. The number of nitrogens with zero attached hydrogens (tertiary/aromatic N) is 3. The van der Waals surface area contributed by atoms with Gasteiger partial charge in [-0.25, -0.2) is 4.99 Å². The zero-order valence-electron chi connectivity index (χ0n) is 15.2. The Morgan fingerprint density at radius 1 is 1.42 bits per heavy atom. The standard InChI is InChI=1S/C18H31N5O/c1-4-19-17(20-11-10-15-8-6-5-7-9-15)21-14-18(2,24)16-12-22-23(3)13-16/h8,12-13,24H,4-7,9-11,14H2,1-3H3,(H2,19,20,21). The summed E-state index contributed by atoms with van der Waals surface area (Å²) in [5.74, 6) is 0.748. The van der Waals surface area contributed by atoms with Gasteiger partial charge in [0.25, 0.3) is 0 Å². The number of hydrogen-bond acceptors (Lipinski definition) is 3. The minimum Gasteiger partial charge on any atom is -0.383 e. The Hall–Kier alpha value is -1.82. The summed E-state index contributed by atoms with van der Waals surface area (Å²) >= 11 is 0. The second-order valence-electron chi connectivity index (χ2n) is 6.66. The average Bonchev–Trinajstić information content (AvgIpc) is 3.01. The summed E-state index contributed by atoms with van der Waals surface area (Å²) in [5.41, 5.74) is 1.30. The molecule has 1 aliphatic carbocycles. The molecular weight excluding hydrogens is 302 g/mol. The van der Waals surface area contributed by atoms with E-state index in [1.165, 1.54) is 25.7 Å². The summed E-state index contributed by atoms with van der Waals surface area (Å²) < 4.78 is 1.69. The van der Waals surface area contributed by atoms with E-state index in [0.717, 1.165) is 31.0 Å². The molecule has 0 amide bonds. The van der Waals surface area contributed by atoms with Gasteiger partial charge >= 0.3 is 0 Å². The largest absolute Gasteiger partial charge is 0.383 e. The van der Waals surface area contributed by atoms with Gasteiger partial charge in [-0.1, -0.05) is 11.6 Å². The van der Waals surface area contributed by atoms with Crippen molar-refractivity contribution < 1.29 is 5.11 Å². The van der Waals surface area contributed by atoms with Crippen molar-refractivity contribution in [2.75, 3.05) is 19.6 Å². The van der Waals surface area contributed by atoms with Gasteiger partial charge in [0.15, 0.2) is 5.96 Å².